The number of carboxylic acid groups (broad SMARTS) is 1. The molecule has 19 heavy (non-hydrogen) atoms. The number of carbonyl (C=O) groups is 2. The molecule has 0 radical (unpaired) electrons. The lowest BCUT2D eigenvalue weighted by Crippen LogP contribution is -2.43. The maximum Gasteiger partial charge on any atom is 0.328 e. The molecule has 1 aromatic carbocycles. The molecule has 1 amide bonds. The highest BCUT2D eigenvalue weighted by Gasteiger charge is 2.21. The molecular formula is C13H13NO4S. The van der Waals surface area contributed by atoms with Crippen LogP contribution in [0.5, 0.6) is 0 Å². The van der Waals surface area contributed by atoms with Gasteiger partial charge in [-0.1, -0.05) is 18.2 Å². The topological polar surface area (TPSA) is 75.6 Å². The van der Waals surface area contributed by atoms with Gasteiger partial charge in [-0.05, 0) is 17.5 Å². The van der Waals surface area contributed by atoms with E-state index in [2.05, 4.69) is 5.32 Å². The molecular weight excluding hydrogens is 266 g/mol. The van der Waals surface area contributed by atoms with E-state index in [4.69, 9.17) is 9.84 Å². The van der Waals surface area contributed by atoms with Crippen LogP contribution in [0.1, 0.15) is 9.67 Å². The fourth-order valence-corrected chi connectivity index (χ4v) is 2.63. The third kappa shape index (κ3) is 3.10. The lowest BCUT2D eigenvalue weighted by Gasteiger charge is -2.12. The van der Waals surface area contributed by atoms with Crippen molar-refractivity contribution in [1.29, 1.82) is 0 Å². The number of thiophene rings is 1. The quantitative estimate of drug-likeness (QED) is 0.874. The van der Waals surface area contributed by atoms with Crippen LogP contribution in [0, 0.1) is 0 Å². The Morgan fingerprint density at radius 3 is 2.79 bits per heavy atom. The van der Waals surface area contributed by atoms with Crippen molar-refractivity contribution in [3.8, 4) is 0 Å². The van der Waals surface area contributed by atoms with Gasteiger partial charge in [-0.15, -0.1) is 11.3 Å². The largest absolute Gasteiger partial charge is 0.480 e. The van der Waals surface area contributed by atoms with Crippen molar-refractivity contribution in [3.63, 3.8) is 0 Å². The maximum absolute atomic E-state index is 12.0. The van der Waals surface area contributed by atoms with Gasteiger partial charge in [0.25, 0.3) is 5.91 Å². The van der Waals surface area contributed by atoms with Gasteiger partial charge in [0, 0.05) is 11.8 Å². The van der Waals surface area contributed by atoms with Gasteiger partial charge in [0.05, 0.1) is 11.5 Å². The lowest BCUT2D eigenvalue weighted by atomic mass is 10.2. The van der Waals surface area contributed by atoms with Crippen LogP contribution < -0.4 is 5.32 Å². The molecule has 1 unspecified atom stereocenters. The van der Waals surface area contributed by atoms with Crippen molar-refractivity contribution in [2.75, 3.05) is 13.7 Å². The van der Waals surface area contributed by atoms with Gasteiger partial charge in [0.15, 0.2) is 6.04 Å². The molecule has 0 aliphatic carbocycles. The first-order valence-corrected chi connectivity index (χ1v) is 6.44. The molecule has 1 atom stereocenters. The predicted octanol–water partition coefficient (Wildman–Crippen LogP) is 1.73. The average molecular weight is 279 g/mol. The van der Waals surface area contributed by atoms with E-state index in [1.165, 1.54) is 18.4 Å². The summed E-state index contributed by atoms with van der Waals surface area (Å²) < 4.78 is 5.76. The summed E-state index contributed by atoms with van der Waals surface area (Å²) in [4.78, 5) is 23.4. The van der Waals surface area contributed by atoms with E-state index < -0.39 is 17.9 Å². The Morgan fingerprint density at radius 1 is 1.42 bits per heavy atom. The second-order valence-corrected chi connectivity index (χ2v) is 5.05. The summed E-state index contributed by atoms with van der Waals surface area (Å²) in [6.07, 6.45) is 0. The molecule has 0 bridgehead atoms. The van der Waals surface area contributed by atoms with Crippen molar-refractivity contribution < 1.29 is 19.4 Å². The maximum atomic E-state index is 12.0. The van der Waals surface area contributed by atoms with Crippen LogP contribution in [-0.4, -0.2) is 36.7 Å². The van der Waals surface area contributed by atoms with Gasteiger partial charge in [-0.25, -0.2) is 4.79 Å². The SMILES string of the molecule is COCC(NC(=O)c1cc2ccccc2s1)C(=O)O. The van der Waals surface area contributed by atoms with Crippen molar-refractivity contribution in [3.05, 3.63) is 35.2 Å². The monoisotopic (exact) mass is 279 g/mol. The van der Waals surface area contributed by atoms with E-state index in [1.807, 2.05) is 24.3 Å². The zero-order chi connectivity index (χ0) is 13.8. The third-order valence-electron chi connectivity index (χ3n) is 2.59. The Kier molecular flexibility index (Phi) is 4.13. The summed E-state index contributed by atoms with van der Waals surface area (Å²) in [7, 11) is 1.39. The summed E-state index contributed by atoms with van der Waals surface area (Å²) in [6.45, 7) is -0.0635. The molecule has 2 rings (SSSR count). The molecule has 2 N–H and O–H groups in total. The normalized spacial score (nSPS) is 12.3. The fourth-order valence-electron chi connectivity index (χ4n) is 1.66. The standard InChI is InChI=1S/C13H13NO4S/c1-18-7-9(13(16)17)14-12(15)11-6-8-4-2-3-5-10(8)19-11/h2-6,9H,7H2,1H3,(H,14,15)(H,16,17). The van der Waals surface area contributed by atoms with Crippen LogP contribution in [0.4, 0.5) is 0 Å². The van der Waals surface area contributed by atoms with Gasteiger partial charge in [0.1, 0.15) is 0 Å². The Bertz CT molecular complexity index is 574. The number of aliphatic carboxylic acids is 1. The molecule has 1 aromatic heterocycles. The highest BCUT2D eigenvalue weighted by molar-refractivity contribution is 7.20. The minimum absolute atomic E-state index is 0.0635. The summed E-state index contributed by atoms with van der Waals surface area (Å²) in [5.74, 6) is -1.51. The van der Waals surface area contributed by atoms with Crippen LogP contribution >= 0.6 is 11.3 Å². The number of methoxy groups -OCH3 is 1. The molecule has 1 heterocycles. The van der Waals surface area contributed by atoms with Crippen LogP contribution in [0.2, 0.25) is 0 Å². The molecule has 0 aliphatic rings. The number of benzene rings is 1. The first kappa shape index (κ1) is 13.5. The molecule has 0 spiro atoms. The molecule has 0 saturated heterocycles. The number of fused-ring (bicyclic) bond motifs is 1. The summed E-state index contributed by atoms with van der Waals surface area (Å²) in [5.41, 5.74) is 0. The number of hydrogen-bond acceptors (Lipinski definition) is 4. The van der Waals surface area contributed by atoms with Gasteiger partial charge in [-0.2, -0.15) is 0 Å². The van der Waals surface area contributed by atoms with Gasteiger partial charge < -0.3 is 15.2 Å². The van der Waals surface area contributed by atoms with Gasteiger partial charge in [-0.3, -0.25) is 4.79 Å². The van der Waals surface area contributed by atoms with E-state index >= 15 is 0 Å². The Hall–Kier alpha value is -1.92. The summed E-state index contributed by atoms with van der Waals surface area (Å²) >= 11 is 1.33. The van der Waals surface area contributed by atoms with E-state index in [0.29, 0.717) is 4.88 Å². The molecule has 0 fully saturated rings. The molecule has 5 nitrogen and oxygen atoms in total. The van der Waals surface area contributed by atoms with Crippen molar-refractivity contribution in [2.24, 2.45) is 0 Å². The highest BCUT2D eigenvalue weighted by Crippen LogP contribution is 2.25. The van der Waals surface area contributed by atoms with Crippen molar-refractivity contribution >= 4 is 33.3 Å². The van der Waals surface area contributed by atoms with Crippen LogP contribution in [0.15, 0.2) is 30.3 Å². The molecule has 6 heteroatoms. The Labute approximate surface area is 113 Å². The second-order valence-electron chi connectivity index (χ2n) is 3.97. The zero-order valence-corrected chi connectivity index (χ0v) is 11.1. The first-order chi connectivity index (χ1) is 9.11. The molecule has 0 aliphatic heterocycles. The summed E-state index contributed by atoms with van der Waals surface area (Å²) in [6, 6.07) is 8.32. The van der Waals surface area contributed by atoms with Crippen LogP contribution in [0.25, 0.3) is 10.1 Å². The molecule has 0 saturated carbocycles. The second kappa shape index (κ2) is 5.81. The third-order valence-corrected chi connectivity index (χ3v) is 3.70. The Morgan fingerprint density at radius 2 is 2.16 bits per heavy atom. The van der Waals surface area contributed by atoms with E-state index in [9.17, 15) is 9.59 Å². The number of carbonyl (C=O) groups excluding carboxylic acids is 1. The van der Waals surface area contributed by atoms with Gasteiger partial charge in [0.2, 0.25) is 0 Å². The van der Waals surface area contributed by atoms with Gasteiger partial charge >= 0.3 is 5.97 Å². The number of carboxylic acids is 1. The lowest BCUT2D eigenvalue weighted by molar-refractivity contribution is -0.140. The average Bonchev–Trinajstić information content (AvgIpc) is 2.81. The fraction of sp³-hybridized carbons (Fsp3) is 0.231. The number of nitrogens with one attached hydrogen (secondary N) is 1. The van der Waals surface area contributed by atoms with Crippen molar-refractivity contribution in [2.45, 2.75) is 6.04 Å². The number of hydrogen-bond donors (Lipinski definition) is 2. The van der Waals surface area contributed by atoms with Crippen LogP contribution in [0.3, 0.4) is 0 Å². The number of ether oxygens (including phenoxy) is 1. The Balaban J connectivity index is 2.16. The molecule has 100 valence electrons. The van der Waals surface area contributed by atoms with E-state index in [1.54, 1.807) is 6.07 Å². The summed E-state index contributed by atoms with van der Waals surface area (Å²) in [5, 5.41) is 12.4. The van der Waals surface area contributed by atoms with E-state index in [-0.39, 0.29) is 6.61 Å². The number of amides is 1. The van der Waals surface area contributed by atoms with E-state index in [0.717, 1.165) is 10.1 Å². The first-order valence-electron chi connectivity index (χ1n) is 5.63. The molecule has 2 aromatic rings. The predicted molar refractivity (Wildman–Crippen MR) is 72.6 cm³/mol. The zero-order valence-electron chi connectivity index (χ0n) is 10.3. The van der Waals surface area contributed by atoms with Crippen molar-refractivity contribution in [1.82, 2.24) is 5.32 Å². The highest BCUT2D eigenvalue weighted by atomic mass is 32.1. The minimum Gasteiger partial charge on any atom is -0.480 e. The smallest absolute Gasteiger partial charge is 0.328 e. The number of rotatable bonds is 5. The van der Waals surface area contributed by atoms with Crippen LogP contribution in [-0.2, 0) is 9.53 Å². The minimum atomic E-state index is -1.11.